The van der Waals surface area contributed by atoms with E-state index in [9.17, 15) is 5.26 Å². The SMILES string of the molecule is COCc1nn(Cc2ccc3ncc(Cl)cc3c2)c2ccnc(C#N)c12. The van der Waals surface area contributed by atoms with Crippen LogP contribution in [0.3, 0.4) is 0 Å². The largest absolute Gasteiger partial charge is 0.378 e. The highest BCUT2D eigenvalue weighted by molar-refractivity contribution is 6.31. The Hall–Kier alpha value is -3.01. The van der Waals surface area contributed by atoms with E-state index in [1.807, 2.05) is 35.0 Å². The standard InChI is InChI=1S/C19H14ClN5O/c1-26-11-17-19-16(8-21)22-5-4-18(19)25(24-17)10-12-2-3-15-13(6-12)7-14(20)9-23-15/h2-7,9H,10-11H2,1H3. The number of pyridine rings is 2. The number of halogens is 1. The van der Waals surface area contributed by atoms with Gasteiger partial charge in [0.05, 0.1) is 40.3 Å². The fraction of sp³-hybridized carbons (Fsp3) is 0.158. The Morgan fingerprint density at radius 2 is 2.12 bits per heavy atom. The molecule has 26 heavy (non-hydrogen) atoms. The third-order valence-corrected chi connectivity index (χ3v) is 4.38. The van der Waals surface area contributed by atoms with E-state index in [0.29, 0.717) is 29.6 Å². The normalized spacial score (nSPS) is 11.1. The summed E-state index contributed by atoms with van der Waals surface area (Å²) >= 11 is 6.05. The molecule has 0 aliphatic heterocycles. The molecule has 0 unspecified atom stereocenters. The second kappa shape index (κ2) is 6.71. The van der Waals surface area contributed by atoms with Gasteiger partial charge < -0.3 is 4.74 Å². The molecule has 0 saturated heterocycles. The van der Waals surface area contributed by atoms with Gasteiger partial charge in [0, 0.05) is 24.9 Å². The summed E-state index contributed by atoms with van der Waals surface area (Å²) in [6.45, 7) is 0.874. The average molecular weight is 364 g/mol. The Balaban J connectivity index is 1.81. The lowest BCUT2D eigenvalue weighted by Gasteiger charge is -2.06. The monoisotopic (exact) mass is 363 g/mol. The lowest BCUT2D eigenvalue weighted by molar-refractivity contribution is 0.181. The van der Waals surface area contributed by atoms with E-state index in [4.69, 9.17) is 16.3 Å². The van der Waals surface area contributed by atoms with Crippen LogP contribution in [0.2, 0.25) is 5.02 Å². The number of fused-ring (bicyclic) bond motifs is 2. The van der Waals surface area contributed by atoms with Crippen molar-refractivity contribution < 1.29 is 4.74 Å². The third-order valence-electron chi connectivity index (χ3n) is 4.17. The van der Waals surface area contributed by atoms with E-state index in [1.165, 1.54) is 0 Å². The minimum atomic E-state index is 0.321. The van der Waals surface area contributed by atoms with Crippen LogP contribution in [0.5, 0.6) is 0 Å². The smallest absolute Gasteiger partial charge is 0.151 e. The van der Waals surface area contributed by atoms with Gasteiger partial charge in [0.2, 0.25) is 0 Å². The van der Waals surface area contributed by atoms with Crippen molar-refractivity contribution in [2.75, 3.05) is 7.11 Å². The Labute approximate surface area is 154 Å². The topological polar surface area (TPSA) is 76.6 Å². The van der Waals surface area contributed by atoms with Crippen molar-refractivity contribution in [3.63, 3.8) is 0 Å². The maximum Gasteiger partial charge on any atom is 0.151 e. The molecule has 128 valence electrons. The number of hydrogen-bond acceptors (Lipinski definition) is 5. The van der Waals surface area contributed by atoms with Crippen molar-refractivity contribution in [3.8, 4) is 6.07 Å². The summed E-state index contributed by atoms with van der Waals surface area (Å²) in [6.07, 6.45) is 3.26. The molecule has 0 bridgehead atoms. The van der Waals surface area contributed by atoms with E-state index in [-0.39, 0.29) is 0 Å². The van der Waals surface area contributed by atoms with Crippen LogP contribution in [0.15, 0.2) is 42.7 Å². The van der Waals surface area contributed by atoms with Crippen molar-refractivity contribution in [3.05, 3.63) is 64.7 Å². The van der Waals surface area contributed by atoms with Gasteiger partial charge in [-0.3, -0.25) is 9.67 Å². The third kappa shape index (κ3) is 2.88. The maximum atomic E-state index is 9.36. The number of nitriles is 1. The molecule has 6 nitrogen and oxygen atoms in total. The molecule has 0 aliphatic carbocycles. The number of ether oxygens (including phenoxy) is 1. The Kier molecular flexibility index (Phi) is 4.25. The summed E-state index contributed by atoms with van der Waals surface area (Å²) in [7, 11) is 1.60. The van der Waals surface area contributed by atoms with Crippen molar-refractivity contribution in [2.24, 2.45) is 0 Å². The first-order valence-electron chi connectivity index (χ1n) is 7.97. The van der Waals surface area contributed by atoms with Crippen LogP contribution in [-0.4, -0.2) is 26.9 Å². The second-order valence-corrected chi connectivity index (χ2v) is 6.32. The molecule has 7 heteroatoms. The van der Waals surface area contributed by atoms with Gasteiger partial charge in [0.15, 0.2) is 5.69 Å². The Morgan fingerprint density at radius 3 is 2.92 bits per heavy atom. The maximum absolute atomic E-state index is 9.36. The highest BCUT2D eigenvalue weighted by atomic mass is 35.5. The molecular weight excluding hydrogens is 350 g/mol. The summed E-state index contributed by atoms with van der Waals surface area (Å²) in [4.78, 5) is 8.46. The highest BCUT2D eigenvalue weighted by Gasteiger charge is 2.15. The van der Waals surface area contributed by atoms with Crippen LogP contribution >= 0.6 is 11.6 Å². The first kappa shape index (κ1) is 16.5. The Morgan fingerprint density at radius 1 is 1.23 bits per heavy atom. The van der Waals surface area contributed by atoms with Gasteiger partial charge in [-0.15, -0.1) is 0 Å². The van der Waals surface area contributed by atoms with Gasteiger partial charge in [-0.1, -0.05) is 17.7 Å². The fourth-order valence-corrected chi connectivity index (χ4v) is 3.24. The molecule has 3 heterocycles. The molecule has 3 aromatic heterocycles. The highest BCUT2D eigenvalue weighted by Crippen LogP contribution is 2.24. The number of methoxy groups -OCH3 is 1. The summed E-state index contributed by atoms with van der Waals surface area (Å²) < 4.78 is 7.10. The van der Waals surface area contributed by atoms with E-state index < -0.39 is 0 Å². The van der Waals surface area contributed by atoms with Crippen LogP contribution in [0.4, 0.5) is 0 Å². The zero-order valence-electron chi connectivity index (χ0n) is 14.0. The fourth-order valence-electron chi connectivity index (χ4n) is 3.07. The molecule has 0 saturated carbocycles. The molecule has 0 atom stereocenters. The van der Waals surface area contributed by atoms with Crippen LogP contribution in [0.1, 0.15) is 17.0 Å². The Bertz CT molecular complexity index is 1160. The number of benzene rings is 1. The minimum Gasteiger partial charge on any atom is -0.378 e. The quantitative estimate of drug-likeness (QED) is 0.552. The van der Waals surface area contributed by atoms with E-state index in [2.05, 4.69) is 21.1 Å². The average Bonchev–Trinajstić information content (AvgIpc) is 2.99. The second-order valence-electron chi connectivity index (χ2n) is 5.88. The summed E-state index contributed by atoms with van der Waals surface area (Å²) in [5, 5.41) is 16.3. The summed E-state index contributed by atoms with van der Waals surface area (Å²) in [5.41, 5.74) is 3.87. The molecule has 0 radical (unpaired) electrons. The van der Waals surface area contributed by atoms with Gasteiger partial charge in [0.25, 0.3) is 0 Å². The van der Waals surface area contributed by atoms with Crippen molar-refractivity contribution >= 4 is 33.4 Å². The predicted octanol–water partition coefficient (Wildman–Crippen LogP) is 3.70. The number of nitrogens with zero attached hydrogens (tertiary/aromatic N) is 5. The molecule has 0 spiro atoms. The van der Waals surface area contributed by atoms with Crippen LogP contribution in [0, 0.1) is 11.3 Å². The number of aromatic nitrogens is 4. The zero-order valence-corrected chi connectivity index (χ0v) is 14.7. The number of hydrogen-bond donors (Lipinski definition) is 0. The first-order valence-corrected chi connectivity index (χ1v) is 8.35. The van der Waals surface area contributed by atoms with Gasteiger partial charge in [-0.25, -0.2) is 4.98 Å². The summed E-state index contributed by atoms with van der Waals surface area (Å²) in [6, 6.07) is 11.9. The minimum absolute atomic E-state index is 0.321. The molecule has 0 N–H and O–H groups in total. The van der Waals surface area contributed by atoms with Gasteiger partial charge in [-0.2, -0.15) is 10.4 Å². The molecular formula is C19H14ClN5O. The lowest BCUT2D eigenvalue weighted by atomic mass is 10.1. The molecule has 4 rings (SSSR count). The van der Waals surface area contributed by atoms with Crippen LogP contribution in [0.25, 0.3) is 21.8 Å². The first-order chi connectivity index (χ1) is 12.7. The molecule has 0 aliphatic rings. The van der Waals surface area contributed by atoms with Gasteiger partial charge in [0.1, 0.15) is 6.07 Å². The van der Waals surface area contributed by atoms with Crippen molar-refractivity contribution in [1.29, 1.82) is 5.26 Å². The predicted molar refractivity (Wildman–Crippen MR) is 98.8 cm³/mol. The van der Waals surface area contributed by atoms with E-state index in [0.717, 1.165) is 27.4 Å². The molecule has 4 aromatic rings. The van der Waals surface area contributed by atoms with Gasteiger partial charge in [-0.05, 0) is 29.8 Å². The van der Waals surface area contributed by atoms with Gasteiger partial charge >= 0.3 is 0 Å². The van der Waals surface area contributed by atoms with E-state index >= 15 is 0 Å². The van der Waals surface area contributed by atoms with Crippen LogP contribution in [-0.2, 0) is 17.9 Å². The van der Waals surface area contributed by atoms with Crippen molar-refractivity contribution in [1.82, 2.24) is 19.7 Å². The molecule has 1 aromatic carbocycles. The summed E-state index contributed by atoms with van der Waals surface area (Å²) in [5.74, 6) is 0. The number of rotatable bonds is 4. The van der Waals surface area contributed by atoms with Crippen molar-refractivity contribution in [2.45, 2.75) is 13.2 Å². The molecule has 0 amide bonds. The zero-order chi connectivity index (χ0) is 18.1. The lowest BCUT2D eigenvalue weighted by Crippen LogP contribution is -2.02. The van der Waals surface area contributed by atoms with Crippen LogP contribution < -0.4 is 0 Å². The van der Waals surface area contributed by atoms with E-state index in [1.54, 1.807) is 19.5 Å². The molecule has 0 fully saturated rings.